The Kier molecular flexibility index (Phi) is 5.00. The molecule has 0 unspecified atom stereocenters. The molecule has 0 saturated carbocycles. The summed E-state index contributed by atoms with van der Waals surface area (Å²) in [7, 11) is 0. The van der Waals surface area contributed by atoms with Crippen molar-refractivity contribution in [3.05, 3.63) is 59.2 Å². The number of aliphatic hydroxyl groups is 1. The minimum Gasteiger partial charge on any atom is -0.441 e. The van der Waals surface area contributed by atoms with E-state index in [0.29, 0.717) is 49.1 Å². The van der Waals surface area contributed by atoms with Gasteiger partial charge in [-0.25, -0.2) is 4.98 Å². The molecule has 28 heavy (non-hydrogen) atoms. The van der Waals surface area contributed by atoms with Gasteiger partial charge in [0.05, 0.1) is 42.7 Å². The van der Waals surface area contributed by atoms with Gasteiger partial charge < -0.3 is 14.4 Å². The van der Waals surface area contributed by atoms with E-state index in [1.807, 2.05) is 59.8 Å². The number of aryl methyl sites for hydroxylation is 1. The highest BCUT2D eigenvalue weighted by Crippen LogP contribution is 2.23. The number of hydrogen-bond acceptors (Lipinski definition) is 5. The number of amides is 1. The number of oxazole rings is 1. The van der Waals surface area contributed by atoms with Crippen LogP contribution in [0.3, 0.4) is 0 Å². The predicted octanol–water partition coefficient (Wildman–Crippen LogP) is 2.87. The summed E-state index contributed by atoms with van der Waals surface area (Å²) in [5.74, 6) is 1.22. The number of hydrogen-bond donors (Lipinski definition) is 1. The van der Waals surface area contributed by atoms with Crippen molar-refractivity contribution < 1.29 is 14.3 Å². The van der Waals surface area contributed by atoms with Gasteiger partial charge in [0.2, 0.25) is 11.8 Å². The number of aliphatic hydroxyl groups excluding tert-OH is 1. The van der Waals surface area contributed by atoms with Crippen molar-refractivity contribution in [1.29, 1.82) is 0 Å². The van der Waals surface area contributed by atoms with Crippen LogP contribution in [0.2, 0.25) is 0 Å². The monoisotopic (exact) mass is 380 g/mol. The van der Waals surface area contributed by atoms with Gasteiger partial charge in [-0.05, 0) is 31.5 Å². The molecule has 1 aliphatic rings. The Bertz CT molecular complexity index is 977. The number of nitrogens with zero attached hydrogens (tertiary/aromatic N) is 4. The first-order valence-electron chi connectivity index (χ1n) is 9.59. The van der Waals surface area contributed by atoms with Crippen LogP contribution in [0.4, 0.5) is 0 Å². The van der Waals surface area contributed by atoms with Gasteiger partial charge >= 0.3 is 0 Å². The molecule has 1 amide bonds. The fraction of sp³-hybridized carbons (Fsp3) is 0.381. The van der Waals surface area contributed by atoms with Crippen LogP contribution in [0.15, 0.2) is 40.8 Å². The predicted molar refractivity (Wildman–Crippen MR) is 103 cm³/mol. The van der Waals surface area contributed by atoms with Crippen LogP contribution in [0.5, 0.6) is 0 Å². The number of rotatable bonds is 5. The molecular formula is C21H24N4O3. The Balaban J connectivity index is 1.46. The Morgan fingerprint density at radius 2 is 2.07 bits per heavy atom. The number of carbonyl (C=O) groups is 1. The van der Waals surface area contributed by atoms with Gasteiger partial charge in [0, 0.05) is 12.1 Å². The molecule has 0 saturated heterocycles. The van der Waals surface area contributed by atoms with Gasteiger partial charge in [-0.2, -0.15) is 5.10 Å². The van der Waals surface area contributed by atoms with E-state index in [1.54, 1.807) is 0 Å². The first-order valence-corrected chi connectivity index (χ1v) is 9.59. The summed E-state index contributed by atoms with van der Waals surface area (Å²) in [4.78, 5) is 19.2. The number of carbonyl (C=O) groups excluding carboxylic acids is 1. The molecule has 2 aromatic heterocycles. The summed E-state index contributed by atoms with van der Waals surface area (Å²) in [6.45, 7) is 5.47. The second-order valence-electron chi connectivity index (χ2n) is 7.09. The summed E-state index contributed by atoms with van der Waals surface area (Å²) in [6, 6.07) is 11.6. The number of benzene rings is 1. The van der Waals surface area contributed by atoms with E-state index >= 15 is 0 Å². The van der Waals surface area contributed by atoms with Gasteiger partial charge in [-0.1, -0.05) is 25.1 Å². The minimum atomic E-state index is -0.559. The van der Waals surface area contributed by atoms with Crippen molar-refractivity contribution in [3.8, 4) is 11.5 Å². The lowest BCUT2D eigenvalue weighted by Crippen LogP contribution is -2.39. The number of fused-ring (bicyclic) bond motifs is 1. The van der Waals surface area contributed by atoms with Crippen LogP contribution in [-0.4, -0.2) is 37.2 Å². The molecule has 7 nitrogen and oxygen atoms in total. The van der Waals surface area contributed by atoms with E-state index in [1.165, 1.54) is 0 Å². The lowest BCUT2D eigenvalue weighted by atomic mass is 10.2. The van der Waals surface area contributed by atoms with E-state index < -0.39 is 6.10 Å². The fourth-order valence-corrected chi connectivity index (χ4v) is 3.42. The van der Waals surface area contributed by atoms with E-state index in [0.717, 1.165) is 11.3 Å². The van der Waals surface area contributed by atoms with Crippen molar-refractivity contribution >= 4 is 5.91 Å². The maximum Gasteiger partial charge on any atom is 0.229 e. The van der Waals surface area contributed by atoms with Crippen molar-refractivity contribution in [2.45, 2.75) is 45.9 Å². The molecule has 1 aromatic carbocycles. The van der Waals surface area contributed by atoms with Gasteiger partial charge in [-0.3, -0.25) is 9.48 Å². The van der Waals surface area contributed by atoms with Gasteiger partial charge in [0.25, 0.3) is 0 Å². The maximum absolute atomic E-state index is 12.8. The van der Waals surface area contributed by atoms with E-state index in [4.69, 9.17) is 4.42 Å². The highest BCUT2D eigenvalue weighted by molar-refractivity contribution is 5.78. The highest BCUT2D eigenvalue weighted by atomic mass is 16.4. The Morgan fingerprint density at radius 1 is 1.29 bits per heavy atom. The molecule has 1 atom stereocenters. The molecule has 146 valence electrons. The molecule has 0 spiro atoms. The first-order chi connectivity index (χ1) is 13.5. The van der Waals surface area contributed by atoms with Crippen molar-refractivity contribution in [2.75, 3.05) is 6.54 Å². The maximum atomic E-state index is 12.8. The van der Waals surface area contributed by atoms with Crippen LogP contribution in [0.25, 0.3) is 11.5 Å². The third-order valence-electron chi connectivity index (χ3n) is 5.13. The molecule has 0 bridgehead atoms. The van der Waals surface area contributed by atoms with Crippen molar-refractivity contribution in [2.24, 2.45) is 0 Å². The normalized spacial score (nSPS) is 14.8. The molecule has 0 fully saturated rings. The largest absolute Gasteiger partial charge is 0.441 e. The molecule has 7 heteroatoms. The summed E-state index contributed by atoms with van der Waals surface area (Å²) in [5.41, 5.74) is 3.19. The zero-order chi connectivity index (χ0) is 19.7. The second kappa shape index (κ2) is 7.59. The fourth-order valence-electron chi connectivity index (χ4n) is 3.42. The molecule has 0 radical (unpaired) electrons. The van der Waals surface area contributed by atoms with E-state index in [-0.39, 0.29) is 12.3 Å². The summed E-state index contributed by atoms with van der Waals surface area (Å²) >= 11 is 0. The smallest absolute Gasteiger partial charge is 0.229 e. The van der Waals surface area contributed by atoms with E-state index in [9.17, 15) is 9.90 Å². The van der Waals surface area contributed by atoms with E-state index in [2.05, 4.69) is 10.1 Å². The van der Waals surface area contributed by atoms with Crippen LogP contribution < -0.4 is 0 Å². The third-order valence-corrected chi connectivity index (χ3v) is 5.13. The zero-order valence-corrected chi connectivity index (χ0v) is 16.1. The standard InChI is InChI=1S/C21H24N4O3/c1-3-19(26)18-11-16-13-24(9-10-25(16)23-18)20(27)12-17-14(2)28-21(22-17)15-7-5-4-6-8-15/h4-8,11,19,26H,3,9-10,12-13H2,1-2H3/t19-/m1/s1. The molecular weight excluding hydrogens is 356 g/mol. The zero-order valence-electron chi connectivity index (χ0n) is 16.1. The third kappa shape index (κ3) is 3.57. The molecule has 1 N–H and O–H groups in total. The van der Waals surface area contributed by atoms with Crippen LogP contribution in [-0.2, 0) is 24.3 Å². The molecule has 0 aliphatic carbocycles. The summed E-state index contributed by atoms with van der Waals surface area (Å²) < 4.78 is 7.65. The van der Waals surface area contributed by atoms with Crippen LogP contribution >= 0.6 is 0 Å². The van der Waals surface area contributed by atoms with Crippen LogP contribution in [0.1, 0.15) is 42.3 Å². The van der Waals surface area contributed by atoms with Gasteiger partial charge in [0.1, 0.15) is 5.76 Å². The molecule has 3 heterocycles. The van der Waals surface area contributed by atoms with Crippen molar-refractivity contribution in [3.63, 3.8) is 0 Å². The molecule has 4 rings (SSSR count). The number of aromatic nitrogens is 3. The topological polar surface area (TPSA) is 84.4 Å². The van der Waals surface area contributed by atoms with Crippen molar-refractivity contribution in [1.82, 2.24) is 19.7 Å². The van der Waals surface area contributed by atoms with Gasteiger partial charge in [0.15, 0.2) is 0 Å². The average molecular weight is 380 g/mol. The Morgan fingerprint density at radius 3 is 2.82 bits per heavy atom. The quantitative estimate of drug-likeness (QED) is 0.736. The molecule has 1 aliphatic heterocycles. The minimum absolute atomic E-state index is 0.0149. The SMILES string of the molecule is CC[C@@H](O)c1cc2n(n1)CCN(C(=O)Cc1nc(-c3ccccc3)oc1C)C2. The Labute approximate surface area is 163 Å². The highest BCUT2D eigenvalue weighted by Gasteiger charge is 2.25. The van der Waals surface area contributed by atoms with Crippen LogP contribution in [0, 0.1) is 6.92 Å². The first kappa shape index (κ1) is 18.4. The Hall–Kier alpha value is -2.93. The molecule has 3 aromatic rings. The average Bonchev–Trinajstić information content (AvgIpc) is 3.31. The lowest BCUT2D eigenvalue weighted by Gasteiger charge is -2.27. The summed E-state index contributed by atoms with van der Waals surface area (Å²) in [6.07, 6.45) is 0.270. The summed E-state index contributed by atoms with van der Waals surface area (Å²) in [5, 5.41) is 14.5. The lowest BCUT2D eigenvalue weighted by molar-refractivity contribution is -0.132. The second-order valence-corrected chi connectivity index (χ2v) is 7.09. The van der Waals surface area contributed by atoms with Gasteiger partial charge in [-0.15, -0.1) is 0 Å².